The molecule has 1 unspecified atom stereocenters. The number of nitrogens with zero attached hydrogens (tertiary/aromatic N) is 1. The Balaban J connectivity index is 1.60. The molecule has 1 heterocycles. The number of methoxy groups -OCH3 is 1. The van der Waals surface area contributed by atoms with Gasteiger partial charge in [0.05, 0.1) is 19.1 Å². The second-order valence-electron chi connectivity index (χ2n) is 7.35. The average molecular weight is 419 g/mol. The standard InChI is InChI=1S/C21H27N3O4S/c1-23(15-17-7-5-9-19(13-17)28-2)16-21(25)22-18-8-6-10-20(14-18)29(26,27)24-11-3-4-12-24/h5-10,13-14H,3-4,11-12,15-16H2,1-2H3,(H,22,25)/p+1. The van der Waals surface area contributed by atoms with Crippen molar-refractivity contribution in [3.63, 3.8) is 0 Å². The molecule has 2 aromatic rings. The van der Waals surface area contributed by atoms with Crippen molar-refractivity contribution >= 4 is 21.6 Å². The van der Waals surface area contributed by atoms with Gasteiger partial charge in [0.1, 0.15) is 12.3 Å². The van der Waals surface area contributed by atoms with Gasteiger partial charge in [-0.15, -0.1) is 0 Å². The number of hydrogen-bond acceptors (Lipinski definition) is 4. The van der Waals surface area contributed by atoms with Gasteiger partial charge in [-0.1, -0.05) is 18.2 Å². The first kappa shape index (κ1) is 21.3. The predicted molar refractivity (Wildman–Crippen MR) is 112 cm³/mol. The van der Waals surface area contributed by atoms with Crippen LogP contribution in [0, 0.1) is 0 Å². The fraction of sp³-hybridized carbons (Fsp3) is 0.381. The van der Waals surface area contributed by atoms with E-state index in [1.165, 1.54) is 10.4 Å². The summed E-state index contributed by atoms with van der Waals surface area (Å²) in [4.78, 5) is 13.7. The first-order valence-corrected chi connectivity index (χ1v) is 11.2. The van der Waals surface area contributed by atoms with Gasteiger partial charge in [0.2, 0.25) is 10.0 Å². The van der Waals surface area contributed by atoms with Crippen LogP contribution >= 0.6 is 0 Å². The molecule has 8 heteroatoms. The lowest BCUT2D eigenvalue weighted by atomic mass is 10.2. The number of likely N-dealkylation sites (N-methyl/N-ethyl adjacent to an activating group) is 1. The van der Waals surface area contributed by atoms with Crippen molar-refractivity contribution in [3.05, 3.63) is 54.1 Å². The third-order valence-electron chi connectivity index (χ3n) is 4.92. The van der Waals surface area contributed by atoms with Crippen LogP contribution in [-0.4, -0.2) is 52.4 Å². The van der Waals surface area contributed by atoms with Crippen molar-refractivity contribution in [2.45, 2.75) is 24.3 Å². The Morgan fingerprint density at radius 3 is 2.59 bits per heavy atom. The lowest BCUT2D eigenvalue weighted by molar-refractivity contribution is -0.885. The van der Waals surface area contributed by atoms with Gasteiger partial charge in [-0.2, -0.15) is 4.31 Å². The highest BCUT2D eigenvalue weighted by molar-refractivity contribution is 7.89. The zero-order chi connectivity index (χ0) is 20.9. The normalized spacial score (nSPS) is 15.8. The van der Waals surface area contributed by atoms with E-state index >= 15 is 0 Å². The molecule has 3 rings (SSSR count). The van der Waals surface area contributed by atoms with E-state index in [9.17, 15) is 13.2 Å². The number of quaternary nitrogens is 1. The molecule has 29 heavy (non-hydrogen) atoms. The van der Waals surface area contributed by atoms with Crippen molar-refractivity contribution in [2.75, 3.05) is 39.1 Å². The SMILES string of the molecule is COc1cccc(C[NH+](C)CC(=O)Nc2cccc(S(=O)(=O)N3CCCC3)c2)c1. The summed E-state index contributed by atoms with van der Waals surface area (Å²) in [5.74, 6) is 0.622. The summed E-state index contributed by atoms with van der Waals surface area (Å²) in [6, 6.07) is 14.2. The molecule has 0 aliphatic carbocycles. The number of sulfonamides is 1. The van der Waals surface area contributed by atoms with Crippen LogP contribution in [0.15, 0.2) is 53.4 Å². The second-order valence-corrected chi connectivity index (χ2v) is 9.29. The largest absolute Gasteiger partial charge is 0.497 e. The van der Waals surface area contributed by atoms with Crippen LogP contribution in [-0.2, 0) is 21.4 Å². The van der Waals surface area contributed by atoms with Gasteiger partial charge >= 0.3 is 0 Å². The van der Waals surface area contributed by atoms with Crippen LogP contribution in [0.25, 0.3) is 0 Å². The molecule has 1 aliphatic rings. The zero-order valence-electron chi connectivity index (χ0n) is 16.8. The Kier molecular flexibility index (Phi) is 6.89. The van der Waals surface area contributed by atoms with E-state index in [0.29, 0.717) is 25.3 Å². The van der Waals surface area contributed by atoms with Crippen LogP contribution in [0.4, 0.5) is 5.69 Å². The number of anilines is 1. The second kappa shape index (κ2) is 9.39. The van der Waals surface area contributed by atoms with E-state index in [2.05, 4.69) is 5.32 Å². The third-order valence-corrected chi connectivity index (χ3v) is 6.82. The minimum atomic E-state index is -3.50. The van der Waals surface area contributed by atoms with E-state index in [4.69, 9.17) is 4.74 Å². The van der Waals surface area contributed by atoms with Crippen molar-refractivity contribution < 1.29 is 22.8 Å². The maximum atomic E-state index is 12.7. The molecule has 1 atom stereocenters. The number of rotatable bonds is 8. The van der Waals surface area contributed by atoms with E-state index in [-0.39, 0.29) is 17.3 Å². The summed E-state index contributed by atoms with van der Waals surface area (Å²) in [6.07, 6.45) is 1.77. The van der Waals surface area contributed by atoms with Crippen molar-refractivity contribution in [2.24, 2.45) is 0 Å². The van der Waals surface area contributed by atoms with E-state index < -0.39 is 10.0 Å². The topological polar surface area (TPSA) is 80.1 Å². The molecule has 0 bridgehead atoms. The van der Waals surface area contributed by atoms with Crippen LogP contribution in [0.5, 0.6) is 5.75 Å². The highest BCUT2D eigenvalue weighted by atomic mass is 32.2. The highest BCUT2D eigenvalue weighted by Gasteiger charge is 2.27. The van der Waals surface area contributed by atoms with Crippen molar-refractivity contribution in [3.8, 4) is 5.75 Å². The molecule has 2 aromatic carbocycles. The van der Waals surface area contributed by atoms with Crippen LogP contribution < -0.4 is 15.0 Å². The first-order valence-electron chi connectivity index (χ1n) is 9.73. The Bertz CT molecular complexity index is 956. The summed E-state index contributed by atoms with van der Waals surface area (Å²) in [5, 5.41) is 2.82. The molecule has 1 aliphatic heterocycles. The monoisotopic (exact) mass is 418 g/mol. The first-order chi connectivity index (χ1) is 13.9. The maximum absolute atomic E-state index is 12.7. The summed E-state index contributed by atoms with van der Waals surface area (Å²) < 4.78 is 32.1. The molecular formula is C21H28N3O4S+. The average Bonchev–Trinajstić information content (AvgIpc) is 3.24. The Morgan fingerprint density at radius 2 is 1.86 bits per heavy atom. The van der Waals surface area contributed by atoms with Crippen LogP contribution in [0.3, 0.4) is 0 Å². The molecule has 1 fully saturated rings. The molecule has 0 saturated carbocycles. The molecule has 0 spiro atoms. The molecular weight excluding hydrogens is 390 g/mol. The van der Waals surface area contributed by atoms with E-state index in [1.807, 2.05) is 31.3 Å². The Morgan fingerprint density at radius 1 is 1.14 bits per heavy atom. The number of carbonyl (C=O) groups is 1. The minimum Gasteiger partial charge on any atom is -0.497 e. The highest BCUT2D eigenvalue weighted by Crippen LogP contribution is 2.23. The summed E-state index contributed by atoms with van der Waals surface area (Å²) >= 11 is 0. The lowest BCUT2D eigenvalue weighted by Crippen LogP contribution is -3.08. The Hall–Kier alpha value is -2.42. The number of benzene rings is 2. The Labute approximate surface area is 172 Å². The zero-order valence-corrected chi connectivity index (χ0v) is 17.7. The number of amides is 1. The number of carbonyl (C=O) groups excluding carboxylic acids is 1. The molecule has 1 amide bonds. The van der Waals surface area contributed by atoms with Gasteiger partial charge in [-0.3, -0.25) is 4.79 Å². The van der Waals surface area contributed by atoms with Gasteiger partial charge in [0, 0.05) is 24.3 Å². The maximum Gasteiger partial charge on any atom is 0.279 e. The summed E-state index contributed by atoms with van der Waals surface area (Å²) in [7, 11) is 0.0616. The lowest BCUT2D eigenvalue weighted by Gasteiger charge is -2.17. The predicted octanol–water partition coefficient (Wildman–Crippen LogP) is 1.13. The van der Waals surface area contributed by atoms with Gasteiger partial charge in [-0.25, -0.2) is 8.42 Å². The minimum absolute atomic E-state index is 0.166. The van der Waals surface area contributed by atoms with Gasteiger partial charge < -0.3 is 15.0 Å². The molecule has 0 radical (unpaired) electrons. The molecule has 7 nitrogen and oxygen atoms in total. The van der Waals surface area contributed by atoms with E-state index in [1.54, 1.807) is 25.3 Å². The van der Waals surface area contributed by atoms with Gasteiger partial charge in [0.15, 0.2) is 6.54 Å². The number of ether oxygens (including phenoxy) is 1. The van der Waals surface area contributed by atoms with Crippen LogP contribution in [0.1, 0.15) is 18.4 Å². The summed E-state index contributed by atoms with van der Waals surface area (Å²) in [5.41, 5.74) is 1.57. The van der Waals surface area contributed by atoms with E-state index in [0.717, 1.165) is 29.1 Å². The smallest absolute Gasteiger partial charge is 0.279 e. The van der Waals surface area contributed by atoms with Crippen molar-refractivity contribution in [1.29, 1.82) is 0 Å². The van der Waals surface area contributed by atoms with Crippen molar-refractivity contribution in [1.82, 2.24) is 4.31 Å². The molecule has 1 saturated heterocycles. The molecule has 156 valence electrons. The fourth-order valence-corrected chi connectivity index (χ4v) is 5.05. The third kappa shape index (κ3) is 5.56. The van der Waals surface area contributed by atoms with Gasteiger partial charge in [0.25, 0.3) is 5.91 Å². The van der Waals surface area contributed by atoms with Gasteiger partial charge in [-0.05, 0) is 43.2 Å². The fourth-order valence-electron chi connectivity index (χ4n) is 3.48. The quantitative estimate of drug-likeness (QED) is 0.674. The molecule has 2 N–H and O–H groups in total. The molecule has 0 aromatic heterocycles. The number of nitrogens with one attached hydrogen (secondary N) is 2. The van der Waals surface area contributed by atoms with Crippen LogP contribution in [0.2, 0.25) is 0 Å². The number of hydrogen-bond donors (Lipinski definition) is 2. The summed E-state index contributed by atoms with van der Waals surface area (Å²) in [6.45, 7) is 2.04.